The zero-order valence-corrected chi connectivity index (χ0v) is 18.8. The number of hydrogen-bond donors (Lipinski definition) is 1. The van der Waals surface area contributed by atoms with Gasteiger partial charge in [0.2, 0.25) is 5.95 Å². The fourth-order valence-corrected chi connectivity index (χ4v) is 3.29. The van der Waals surface area contributed by atoms with Crippen molar-refractivity contribution in [1.29, 1.82) is 5.26 Å². The minimum absolute atomic E-state index is 0.541. The maximum atomic E-state index is 7.32. The fourth-order valence-electron chi connectivity index (χ4n) is 3.29. The first kappa shape index (κ1) is 22.4. The predicted molar refractivity (Wildman–Crippen MR) is 131 cm³/mol. The lowest BCUT2D eigenvalue weighted by Crippen LogP contribution is -2.04. The van der Waals surface area contributed by atoms with E-state index in [-0.39, 0.29) is 0 Å². The number of nitrogens with zero attached hydrogens (tertiary/aromatic N) is 7. The summed E-state index contributed by atoms with van der Waals surface area (Å²) in [5.74, 6) is 0.541. The van der Waals surface area contributed by atoms with Gasteiger partial charge in [-0.15, -0.1) is 0 Å². The summed E-state index contributed by atoms with van der Waals surface area (Å²) in [5.41, 5.74) is 6.38. The van der Waals surface area contributed by atoms with Gasteiger partial charge in [0.15, 0.2) is 0 Å². The molecule has 5 aromatic rings. The molecule has 0 radical (unpaired) electrons. The molecule has 5 rings (SSSR count). The summed E-state index contributed by atoms with van der Waals surface area (Å²) in [6, 6.07) is 17.6. The highest BCUT2D eigenvalue weighted by Gasteiger charge is 2.06. The summed E-state index contributed by atoms with van der Waals surface area (Å²) in [6.45, 7) is 3.97. The van der Waals surface area contributed by atoms with Crippen LogP contribution in [0.4, 0.5) is 5.95 Å². The van der Waals surface area contributed by atoms with Gasteiger partial charge < -0.3 is 5.32 Å². The van der Waals surface area contributed by atoms with E-state index in [4.69, 9.17) is 5.26 Å². The van der Waals surface area contributed by atoms with Crippen molar-refractivity contribution in [3.05, 3.63) is 90.8 Å². The van der Waals surface area contributed by atoms with Gasteiger partial charge >= 0.3 is 0 Å². The summed E-state index contributed by atoms with van der Waals surface area (Å²) in [4.78, 5) is 26.5. The van der Waals surface area contributed by atoms with Crippen LogP contribution < -0.4 is 5.32 Å². The first-order chi connectivity index (χ1) is 16.7. The van der Waals surface area contributed by atoms with Crippen molar-refractivity contribution < 1.29 is 0 Å². The van der Waals surface area contributed by atoms with E-state index in [1.165, 1.54) is 6.92 Å². The Labute approximate surface area is 197 Å². The average Bonchev–Trinajstić information content (AvgIpc) is 2.88. The van der Waals surface area contributed by atoms with Gasteiger partial charge in [0, 0.05) is 54.9 Å². The van der Waals surface area contributed by atoms with E-state index in [1.807, 2.05) is 61.7 Å². The molecule has 0 bridgehead atoms. The second-order valence-corrected chi connectivity index (χ2v) is 7.35. The summed E-state index contributed by atoms with van der Waals surface area (Å²) in [5, 5.41) is 11.6. The lowest BCUT2D eigenvalue weighted by molar-refractivity contribution is 1.04. The first-order valence-corrected chi connectivity index (χ1v) is 10.6. The number of nitrogens with one attached hydrogen (secondary N) is 1. The van der Waals surface area contributed by atoms with Gasteiger partial charge in [0.1, 0.15) is 0 Å². The molecule has 8 heteroatoms. The Morgan fingerprint density at radius 1 is 0.824 bits per heavy atom. The second-order valence-electron chi connectivity index (χ2n) is 7.35. The van der Waals surface area contributed by atoms with Gasteiger partial charge in [-0.25, -0.2) is 9.97 Å². The molecule has 34 heavy (non-hydrogen) atoms. The third-order valence-electron chi connectivity index (χ3n) is 4.88. The highest BCUT2D eigenvalue weighted by Crippen LogP contribution is 2.20. The van der Waals surface area contributed by atoms with E-state index in [0.717, 1.165) is 44.8 Å². The van der Waals surface area contributed by atoms with Gasteiger partial charge in [0.05, 0.1) is 34.9 Å². The molecule has 0 amide bonds. The van der Waals surface area contributed by atoms with Crippen LogP contribution in [0.3, 0.4) is 0 Å². The van der Waals surface area contributed by atoms with E-state index in [0.29, 0.717) is 12.5 Å². The van der Waals surface area contributed by atoms with Gasteiger partial charge in [0.25, 0.3) is 0 Å². The molecular weight excluding hydrogens is 424 g/mol. The minimum Gasteiger partial charge on any atom is -0.350 e. The number of pyridine rings is 4. The molecule has 0 atom stereocenters. The maximum Gasteiger partial charge on any atom is 0.223 e. The minimum atomic E-state index is 0.541. The van der Waals surface area contributed by atoms with Crippen LogP contribution in [0.5, 0.6) is 0 Å². The monoisotopic (exact) mass is 446 g/mol. The Hall–Kier alpha value is -4.77. The normalized spacial score (nSPS) is 10.1. The smallest absolute Gasteiger partial charge is 0.223 e. The number of fused-ring (bicyclic) bond motifs is 1. The number of hydrogen-bond acceptors (Lipinski definition) is 8. The Morgan fingerprint density at radius 2 is 1.65 bits per heavy atom. The lowest BCUT2D eigenvalue weighted by atomic mass is 10.1. The standard InChI is InChI=1S/C24H19N7.C2H3N/c1-16-11-19(6-9-25-16)20-5-4-17(13-28-20)14-30-24-27-10-7-21(31-24)22-12-18-3-2-8-26-23(18)15-29-22;1-2-3/h2-13,15H,14H2,1H3,(H,27,30,31);1H3. The molecule has 0 unspecified atom stereocenters. The summed E-state index contributed by atoms with van der Waals surface area (Å²) >= 11 is 0. The molecule has 5 heterocycles. The Balaban J connectivity index is 0.000000868. The van der Waals surface area contributed by atoms with Gasteiger partial charge in [-0.2, -0.15) is 5.26 Å². The molecule has 0 aliphatic rings. The van der Waals surface area contributed by atoms with Crippen LogP contribution in [0.2, 0.25) is 0 Å². The van der Waals surface area contributed by atoms with E-state index < -0.39 is 0 Å². The van der Waals surface area contributed by atoms with Crippen LogP contribution in [-0.4, -0.2) is 29.9 Å². The Bertz CT molecular complexity index is 1440. The van der Waals surface area contributed by atoms with E-state index in [2.05, 4.69) is 35.2 Å². The van der Waals surface area contributed by atoms with Gasteiger partial charge in [-0.1, -0.05) is 12.1 Å². The number of rotatable bonds is 5. The van der Waals surface area contributed by atoms with Crippen molar-refractivity contribution in [3.63, 3.8) is 0 Å². The zero-order chi connectivity index (χ0) is 23.8. The third-order valence-corrected chi connectivity index (χ3v) is 4.88. The zero-order valence-electron chi connectivity index (χ0n) is 18.8. The molecular formula is C26H22N8. The summed E-state index contributed by atoms with van der Waals surface area (Å²) in [7, 11) is 0. The Morgan fingerprint density at radius 3 is 2.44 bits per heavy atom. The molecule has 0 aliphatic carbocycles. The van der Waals surface area contributed by atoms with Gasteiger partial charge in [-0.05, 0) is 48.9 Å². The van der Waals surface area contributed by atoms with Crippen LogP contribution in [0, 0.1) is 18.3 Å². The SMILES string of the molecule is CC#N.Cc1cc(-c2ccc(CNc3nccc(-c4cc5cccnc5cn4)n3)cn2)ccn1. The molecule has 166 valence electrons. The molecule has 1 N–H and O–H groups in total. The van der Waals surface area contributed by atoms with Crippen molar-refractivity contribution in [2.75, 3.05) is 5.32 Å². The lowest BCUT2D eigenvalue weighted by Gasteiger charge is -2.08. The molecule has 5 aromatic heterocycles. The fraction of sp³-hybridized carbons (Fsp3) is 0.115. The van der Waals surface area contributed by atoms with Crippen molar-refractivity contribution in [2.24, 2.45) is 0 Å². The molecule has 0 saturated heterocycles. The maximum absolute atomic E-state index is 7.32. The molecule has 0 fully saturated rings. The van der Waals surface area contributed by atoms with Crippen molar-refractivity contribution in [1.82, 2.24) is 29.9 Å². The summed E-state index contributed by atoms with van der Waals surface area (Å²) in [6.07, 6.45) is 8.91. The van der Waals surface area contributed by atoms with E-state index in [9.17, 15) is 0 Å². The molecule has 0 aromatic carbocycles. The van der Waals surface area contributed by atoms with Crippen molar-refractivity contribution >= 4 is 16.9 Å². The highest BCUT2D eigenvalue weighted by atomic mass is 15.1. The molecule has 0 saturated carbocycles. The number of aromatic nitrogens is 6. The second kappa shape index (κ2) is 10.7. The predicted octanol–water partition coefficient (Wildman–Crippen LogP) is 4.99. The molecule has 0 aliphatic heterocycles. The van der Waals surface area contributed by atoms with E-state index in [1.54, 1.807) is 30.9 Å². The number of aryl methyl sites for hydroxylation is 1. The van der Waals surface area contributed by atoms with Crippen LogP contribution in [0.25, 0.3) is 33.5 Å². The van der Waals surface area contributed by atoms with Crippen molar-refractivity contribution in [3.8, 4) is 28.7 Å². The number of nitriles is 1. The topological polar surface area (TPSA) is 113 Å². The Kier molecular flexibility index (Phi) is 7.06. The van der Waals surface area contributed by atoms with Gasteiger partial charge in [-0.3, -0.25) is 19.9 Å². The van der Waals surface area contributed by atoms with Crippen LogP contribution >= 0.6 is 0 Å². The summed E-state index contributed by atoms with van der Waals surface area (Å²) < 4.78 is 0. The largest absolute Gasteiger partial charge is 0.350 e. The van der Waals surface area contributed by atoms with E-state index >= 15 is 0 Å². The number of anilines is 1. The average molecular weight is 447 g/mol. The molecule has 8 nitrogen and oxygen atoms in total. The van der Waals surface area contributed by atoms with Crippen LogP contribution in [0.15, 0.2) is 79.5 Å². The third kappa shape index (κ3) is 5.53. The molecule has 0 spiro atoms. The van der Waals surface area contributed by atoms with Crippen LogP contribution in [-0.2, 0) is 6.54 Å². The van der Waals surface area contributed by atoms with Crippen LogP contribution in [0.1, 0.15) is 18.2 Å². The first-order valence-electron chi connectivity index (χ1n) is 10.6. The van der Waals surface area contributed by atoms with Crippen molar-refractivity contribution in [2.45, 2.75) is 20.4 Å². The quantitative estimate of drug-likeness (QED) is 0.401. The highest BCUT2D eigenvalue weighted by molar-refractivity contribution is 5.81.